The van der Waals surface area contributed by atoms with Crippen LogP contribution in [0.4, 0.5) is 0 Å². The number of nitrogens with one attached hydrogen (secondary N) is 1. The van der Waals surface area contributed by atoms with E-state index < -0.39 is 10.8 Å². The highest BCUT2D eigenvalue weighted by Gasteiger charge is 2.17. The molecule has 0 rings (SSSR count). The molecule has 92 valence electrons. The zero-order chi connectivity index (χ0) is 11.8. The Morgan fingerprint density at radius 3 is 2.13 bits per heavy atom. The van der Waals surface area contributed by atoms with E-state index in [0.717, 1.165) is 24.3 Å². The number of hydrogen-bond acceptors (Lipinski definition) is 2. The predicted octanol–water partition coefficient (Wildman–Crippen LogP) is 2.42. The molecule has 4 unspecified atom stereocenters. The summed E-state index contributed by atoms with van der Waals surface area (Å²) in [4.78, 5) is 0. The molecule has 1 N–H and O–H groups in total. The van der Waals surface area contributed by atoms with E-state index in [0.29, 0.717) is 17.9 Å². The van der Waals surface area contributed by atoms with Gasteiger partial charge in [0.05, 0.1) is 0 Å². The third-order valence-electron chi connectivity index (χ3n) is 3.23. The van der Waals surface area contributed by atoms with Gasteiger partial charge in [-0.2, -0.15) is 0 Å². The lowest BCUT2D eigenvalue weighted by atomic mass is 10.0. The fraction of sp³-hybridized carbons (Fsp3) is 1.00. The Bertz CT molecular complexity index is 184. The van der Waals surface area contributed by atoms with Gasteiger partial charge in [0.15, 0.2) is 0 Å². The van der Waals surface area contributed by atoms with Gasteiger partial charge >= 0.3 is 0 Å². The van der Waals surface area contributed by atoms with Crippen LogP contribution in [-0.4, -0.2) is 28.8 Å². The molecule has 0 aromatic heterocycles. The predicted molar refractivity (Wildman–Crippen MR) is 69.6 cm³/mol. The Kier molecular flexibility index (Phi) is 8.34. The van der Waals surface area contributed by atoms with Crippen LogP contribution in [0.2, 0.25) is 0 Å². The van der Waals surface area contributed by atoms with Crippen LogP contribution >= 0.6 is 0 Å². The average molecular weight is 233 g/mol. The van der Waals surface area contributed by atoms with Crippen molar-refractivity contribution in [3.8, 4) is 0 Å². The van der Waals surface area contributed by atoms with Gasteiger partial charge in [0, 0.05) is 28.3 Å². The molecule has 0 fully saturated rings. The maximum Gasteiger partial charge on any atom is 0.0391 e. The molecule has 0 radical (unpaired) electrons. The molecular weight excluding hydrogens is 206 g/mol. The lowest BCUT2D eigenvalue weighted by molar-refractivity contribution is 0.417. The van der Waals surface area contributed by atoms with Gasteiger partial charge in [-0.05, 0) is 18.9 Å². The standard InChI is InChI=1S/C12H27NOS/c1-6-10(3)8-15(14)9-12(13-5)11(4)7-2/h10-13H,6-9H2,1-5H3. The van der Waals surface area contributed by atoms with E-state index in [1.807, 2.05) is 7.05 Å². The molecule has 0 spiro atoms. The van der Waals surface area contributed by atoms with Crippen LogP contribution in [0, 0.1) is 11.8 Å². The van der Waals surface area contributed by atoms with Gasteiger partial charge in [-0.25, -0.2) is 0 Å². The normalized spacial score (nSPS) is 19.5. The van der Waals surface area contributed by atoms with Crippen LogP contribution in [0.3, 0.4) is 0 Å². The van der Waals surface area contributed by atoms with E-state index in [2.05, 4.69) is 33.0 Å². The number of rotatable bonds is 8. The second-order valence-electron chi connectivity index (χ2n) is 4.57. The monoisotopic (exact) mass is 233 g/mol. The Hall–Kier alpha value is 0.110. The summed E-state index contributed by atoms with van der Waals surface area (Å²) in [7, 11) is 1.30. The minimum Gasteiger partial charge on any atom is -0.316 e. The first-order chi connectivity index (χ1) is 7.04. The first kappa shape index (κ1) is 15.1. The van der Waals surface area contributed by atoms with Crippen LogP contribution in [0.1, 0.15) is 40.5 Å². The topological polar surface area (TPSA) is 29.1 Å². The van der Waals surface area contributed by atoms with Crippen LogP contribution in [-0.2, 0) is 10.8 Å². The molecule has 0 aliphatic rings. The third kappa shape index (κ3) is 6.31. The van der Waals surface area contributed by atoms with Crippen LogP contribution in [0.25, 0.3) is 0 Å². The molecule has 4 atom stereocenters. The third-order valence-corrected chi connectivity index (χ3v) is 4.91. The fourth-order valence-electron chi connectivity index (χ4n) is 1.52. The lowest BCUT2D eigenvalue weighted by Crippen LogP contribution is -2.37. The van der Waals surface area contributed by atoms with E-state index in [1.165, 1.54) is 0 Å². The molecule has 0 amide bonds. The van der Waals surface area contributed by atoms with Gasteiger partial charge in [0.1, 0.15) is 0 Å². The van der Waals surface area contributed by atoms with E-state index in [1.54, 1.807) is 0 Å². The quantitative estimate of drug-likeness (QED) is 0.697. The van der Waals surface area contributed by atoms with E-state index in [-0.39, 0.29) is 0 Å². The molecule has 15 heavy (non-hydrogen) atoms. The maximum atomic E-state index is 11.9. The molecule has 2 nitrogen and oxygen atoms in total. The Morgan fingerprint density at radius 1 is 1.13 bits per heavy atom. The van der Waals surface area contributed by atoms with Crippen molar-refractivity contribution in [3.05, 3.63) is 0 Å². The van der Waals surface area contributed by atoms with E-state index in [9.17, 15) is 4.21 Å². The molecular formula is C12H27NOS. The molecule has 0 aromatic rings. The summed E-state index contributed by atoms with van der Waals surface area (Å²) >= 11 is 0. The summed E-state index contributed by atoms with van der Waals surface area (Å²) in [5.74, 6) is 2.84. The molecule has 0 saturated heterocycles. The van der Waals surface area contributed by atoms with Gasteiger partial charge in [-0.15, -0.1) is 0 Å². The Morgan fingerprint density at radius 2 is 1.73 bits per heavy atom. The van der Waals surface area contributed by atoms with Gasteiger partial charge in [0.2, 0.25) is 0 Å². The minimum atomic E-state index is -0.665. The largest absolute Gasteiger partial charge is 0.316 e. The maximum absolute atomic E-state index is 11.9. The van der Waals surface area contributed by atoms with Crippen molar-refractivity contribution in [2.45, 2.75) is 46.6 Å². The highest BCUT2D eigenvalue weighted by Crippen LogP contribution is 2.10. The molecule has 0 bridgehead atoms. The van der Waals surface area contributed by atoms with Crippen molar-refractivity contribution in [2.75, 3.05) is 18.6 Å². The van der Waals surface area contributed by atoms with Crippen molar-refractivity contribution in [1.82, 2.24) is 5.32 Å². The zero-order valence-electron chi connectivity index (χ0n) is 10.9. The SMILES string of the molecule is CCC(C)CS(=O)CC(NC)C(C)CC. The summed E-state index contributed by atoms with van der Waals surface area (Å²) < 4.78 is 11.9. The Balaban J connectivity index is 4.01. The van der Waals surface area contributed by atoms with Gasteiger partial charge in [-0.3, -0.25) is 4.21 Å². The summed E-state index contributed by atoms with van der Waals surface area (Å²) in [6.07, 6.45) is 2.27. The van der Waals surface area contributed by atoms with Crippen LogP contribution < -0.4 is 5.32 Å². The van der Waals surface area contributed by atoms with Crippen molar-refractivity contribution >= 4 is 10.8 Å². The fourth-order valence-corrected chi connectivity index (χ4v) is 3.42. The second kappa shape index (κ2) is 8.28. The first-order valence-corrected chi connectivity index (χ1v) is 7.56. The van der Waals surface area contributed by atoms with Crippen LogP contribution in [0.5, 0.6) is 0 Å². The second-order valence-corrected chi connectivity index (χ2v) is 6.11. The molecule has 0 aromatic carbocycles. The van der Waals surface area contributed by atoms with Crippen molar-refractivity contribution in [2.24, 2.45) is 11.8 Å². The summed E-state index contributed by atoms with van der Waals surface area (Å²) in [5, 5.41) is 3.28. The molecule has 3 heteroatoms. The molecule has 0 saturated carbocycles. The van der Waals surface area contributed by atoms with Gasteiger partial charge in [-0.1, -0.05) is 40.5 Å². The van der Waals surface area contributed by atoms with Crippen molar-refractivity contribution in [1.29, 1.82) is 0 Å². The summed E-state index contributed by atoms with van der Waals surface area (Å²) in [6.45, 7) is 8.75. The van der Waals surface area contributed by atoms with E-state index in [4.69, 9.17) is 0 Å². The number of hydrogen-bond donors (Lipinski definition) is 1. The van der Waals surface area contributed by atoms with Gasteiger partial charge in [0.25, 0.3) is 0 Å². The summed E-state index contributed by atoms with van der Waals surface area (Å²) in [6, 6.07) is 0.403. The molecule has 0 aliphatic heterocycles. The lowest BCUT2D eigenvalue weighted by Gasteiger charge is -2.22. The van der Waals surface area contributed by atoms with Crippen molar-refractivity contribution in [3.63, 3.8) is 0 Å². The van der Waals surface area contributed by atoms with E-state index >= 15 is 0 Å². The molecule has 0 aliphatic carbocycles. The smallest absolute Gasteiger partial charge is 0.0391 e. The first-order valence-electron chi connectivity index (χ1n) is 6.07. The van der Waals surface area contributed by atoms with Crippen molar-refractivity contribution < 1.29 is 4.21 Å². The highest BCUT2D eigenvalue weighted by atomic mass is 32.2. The van der Waals surface area contributed by atoms with Crippen LogP contribution in [0.15, 0.2) is 0 Å². The molecule has 0 heterocycles. The van der Waals surface area contributed by atoms with Gasteiger partial charge < -0.3 is 5.32 Å². The minimum absolute atomic E-state index is 0.403. The summed E-state index contributed by atoms with van der Waals surface area (Å²) in [5.41, 5.74) is 0. The Labute approximate surface area is 97.7 Å². The zero-order valence-corrected chi connectivity index (χ0v) is 11.7. The highest BCUT2D eigenvalue weighted by molar-refractivity contribution is 7.85. The average Bonchev–Trinajstić information content (AvgIpc) is 2.24.